The number of nitrogens with one attached hydrogen (secondary N) is 1. The van der Waals surface area contributed by atoms with Gasteiger partial charge in [-0.2, -0.15) is 0 Å². The van der Waals surface area contributed by atoms with Gasteiger partial charge in [-0.25, -0.2) is 0 Å². The Hall–Kier alpha value is -4.28. The zero-order valence-corrected chi connectivity index (χ0v) is 26.4. The van der Waals surface area contributed by atoms with Crippen LogP contribution in [0.4, 0.5) is 5.69 Å². The molecule has 0 saturated carbocycles. The number of hydrogen-bond donors (Lipinski definition) is 2. The van der Waals surface area contributed by atoms with E-state index in [1.54, 1.807) is 17.1 Å². The number of cyclic esters (lactones) is 1. The largest absolute Gasteiger partial charge is 0.463 e. The average molecular weight is 628 g/mol. The molecular weight excluding hydrogens is 586 g/mol. The van der Waals surface area contributed by atoms with Crippen LogP contribution in [0.3, 0.4) is 0 Å². The summed E-state index contributed by atoms with van der Waals surface area (Å²) in [5.74, 6) is -3.51. The predicted octanol–water partition coefficient (Wildman–Crippen LogP) is 3.31. The molecule has 2 fully saturated rings. The van der Waals surface area contributed by atoms with Crippen molar-refractivity contribution in [3.05, 3.63) is 89.5 Å². The Bertz CT molecular complexity index is 1570. The molecule has 46 heavy (non-hydrogen) atoms. The highest BCUT2D eigenvalue weighted by Gasteiger charge is 2.73. The summed E-state index contributed by atoms with van der Waals surface area (Å²) < 4.78 is 12.2. The molecule has 1 spiro atoms. The number of carbonyl (C=O) groups is 4. The maximum Gasteiger partial charge on any atom is 0.306 e. The van der Waals surface area contributed by atoms with Gasteiger partial charge < -0.3 is 29.7 Å². The van der Waals surface area contributed by atoms with Gasteiger partial charge in [-0.15, -0.1) is 0 Å². The van der Waals surface area contributed by atoms with Crippen molar-refractivity contribution in [3.8, 4) is 0 Å². The molecule has 0 unspecified atom stereocenters. The van der Waals surface area contributed by atoms with Gasteiger partial charge in [0.15, 0.2) is 0 Å². The zero-order valence-electron chi connectivity index (χ0n) is 26.4. The smallest absolute Gasteiger partial charge is 0.306 e. The molecule has 10 heteroatoms. The number of hydrogen-bond acceptors (Lipinski definition) is 7. The van der Waals surface area contributed by atoms with E-state index in [0.717, 1.165) is 16.7 Å². The second kappa shape index (κ2) is 12.8. The first-order valence-corrected chi connectivity index (χ1v) is 16.0. The number of amides is 3. The van der Waals surface area contributed by atoms with Gasteiger partial charge in [-0.3, -0.25) is 19.2 Å². The number of rotatable bonds is 5. The second-order valence-electron chi connectivity index (χ2n) is 12.6. The van der Waals surface area contributed by atoms with Crippen molar-refractivity contribution in [3.63, 3.8) is 0 Å². The number of ether oxygens (including phenoxy) is 2. The molecule has 3 amide bonds. The fourth-order valence-corrected chi connectivity index (χ4v) is 7.38. The Morgan fingerprint density at radius 3 is 2.57 bits per heavy atom. The lowest BCUT2D eigenvalue weighted by Gasteiger charge is -2.39. The summed E-state index contributed by atoms with van der Waals surface area (Å²) in [4.78, 5) is 59.5. The molecule has 4 aliphatic heterocycles. The predicted molar refractivity (Wildman–Crippen MR) is 170 cm³/mol. The molecular formula is C36H41N3O7. The van der Waals surface area contributed by atoms with E-state index in [4.69, 9.17) is 9.47 Å². The lowest BCUT2D eigenvalue weighted by molar-refractivity contribution is -0.146. The summed E-state index contributed by atoms with van der Waals surface area (Å²) >= 11 is 0. The lowest BCUT2D eigenvalue weighted by atomic mass is 9.74. The molecule has 2 saturated heterocycles. The second-order valence-corrected chi connectivity index (χ2v) is 12.6. The Labute approximate surface area is 269 Å². The highest BCUT2D eigenvalue weighted by atomic mass is 16.5. The van der Waals surface area contributed by atoms with Gasteiger partial charge >= 0.3 is 5.97 Å². The van der Waals surface area contributed by atoms with Gasteiger partial charge in [0.05, 0.1) is 36.6 Å². The van der Waals surface area contributed by atoms with Gasteiger partial charge in [0.25, 0.3) is 5.91 Å². The number of carbonyl (C=O) groups excluding carboxylic acids is 4. The van der Waals surface area contributed by atoms with E-state index in [9.17, 15) is 24.3 Å². The number of aryl methyl sites for hydroxylation is 2. The van der Waals surface area contributed by atoms with Crippen LogP contribution in [-0.2, 0) is 28.7 Å². The number of likely N-dealkylation sites (tertiary alicyclic amines) is 1. The first-order valence-electron chi connectivity index (χ1n) is 16.0. The zero-order chi connectivity index (χ0) is 32.6. The molecule has 0 aromatic heterocycles. The highest BCUT2D eigenvalue weighted by Crippen LogP contribution is 2.56. The molecule has 6 rings (SSSR count). The van der Waals surface area contributed by atoms with Crippen LogP contribution in [0.5, 0.6) is 0 Å². The van der Waals surface area contributed by atoms with Crippen molar-refractivity contribution in [1.29, 1.82) is 0 Å². The maximum atomic E-state index is 15.0. The first kappa shape index (κ1) is 31.7. The molecule has 0 aliphatic carbocycles. The van der Waals surface area contributed by atoms with Gasteiger partial charge in [-0.05, 0) is 49.4 Å². The van der Waals surface area contributed by atoms with E-state index in [-0.39, 0.29) is 32.1 Å². The Morgan fingerprint density at radius 2 is 1.83 bits per heavy atom. The monoisotopic (exact) mass is 627 g/mol. The molecule has 2 N–H and O–H groups in total. The SMILES string of the molecule is CC[C@@H](CO)N1C(=O)[C@H]2[C@@H]3C(=O)N[C@H](c4ccccc4)COC(=O)CC/C=C\CN(c4cc(C)ccc4C)C(=O)[C@H]1[C@@]21C=C[C@@H]3O1. The van der Waals surface area contributed by atoms with Crippen LogP contribution in [0, 0.1) is 25.7 Å². The standard InChI is InChI=1S/C36H41N3O7/c1-4-25(20-40)39-32-35(44)38(27-19-22(2)14-15-23(27)3)18-10-6-9-13-29(41)45-21-26(24-11-7-5-8-12-24)37-33(42)30-28-16-17-36(32,46-28)31(30)34(39)43/h5-8,10-12,14-17,19,25-26,28,30-32,40H,4,9,13,18,20-21H2,1-3H3,(H,37,42)/b10-6-/t25-,26-,28-,30+,31+,32-,36+/m0/s1. The van der Waals surface area contributed by atoms with Crippen molar-refractivity contribution in [2.75, 3.05) is 24.7 Å². The summed E-state index contributed by atoms with van der Waals surface area (Å²) in [6.07, 6.45) is 7.44. The van der Waals surface area contributed by atoms with E-state index in [1.807, 2.05) is 81.5 Å². The minimum Gasteiger partial charge on any atom is -0.463 e. The van der Waals surface area contributed by atoms with Crippen molar-refractivity contribution >= 4 is 29.4 Å². The molecule has 0 radical (unpaired) electrons. The van der Waals surface area contributed by atoms with E-state index in [2.05, 4.69) is 5.32 Å². The van der Waals surface area contributed by atoms with Crippen LogP contribution >= 0.6 is 0 Å². The molecule has 4 aliphatic rings. The topological polar surface area (TPSA) is 125 Å². The van der Waals surface area contributed by atoms with Crippen molar-refractivity contribution in [2.24, 2.45) is 11.8 Å². The normalized spacial score (nSPS) is 31.1. The molecule has 242 valence electrons. The number of nitrogens with zero attached hydrogens (tertiary/aromatic N) is 2. The maximum absolute atomic E-state index is 15.0. The molecule has 2 aromatic carbocycles. The van der Waals surface area contributed by atoms with Gasteiger partial charge in [0, 0.05) is 18.7 Å². The van der Waals surface area contributed by atoms with E-state index in [1.165, 1.54) is 4.90 Å². The first-order chi connectivity index (χ1) is 22.2. The van der Waals surface area contributed by atoms with E-state index in [0.29, 0.717) is 18.5 Å². The van der Waals surface area contributed by atoms with Crippen LogP contribution in [0.1, 0.15) is 48.9 Å². The summed E-state index contributed by atoms with van der Waals surface area (Å²) in [5, 5.41) is 13.5. The van der Waals surface area contributed by atoms with Crippen LogP contribution in [0.25, 0.3) is 0 Å². The van der Waals surface area contributed by atoms with Crippen LogP contribution < -0.4 is 10.2 Å². The number of aliphatic hydroxyl groups is 1. The summed E-state index contributed by atoms with van der Waals surface area (Å²) in [5.41, 5.74) is 1.87. The van der Waals surface area contributed by atoms with Crippen LogP contribution in [0.2, 0.25) is 0 Å². The van der Waals surface area contributed by atoms with Gasteiger partial charge in [0.1, 0.15) is 18.2 Å². The van der Waals surface area contributed by atoms with Crippen molar-refractivity contribution in [2.45, 2.75) is 69.9 Å². The van der Waals surface area contributed by atoms with Crippen molar-refractivity contribution < 1.29 is 33.8 Å². The Balaban J connectivity index is 1.47. The third kappa shape index (κ3) is 5.43. The minimum atomic E-state index is -1.40. The average Bonchev–Trinajstić information content (AvgIpc) is 3.70. The van der Waals surface area contributed by atoms with Gasteiger partial charge in [-0.1, -0.05) is 73.7 Å². The molecule has 4 heterocycles. The quantitative estimate of drug-likeness (QED) is 0.385. The van der Waals surface area contributed by atoms with Crippen molar-refractivity contribution in [1.82, 2.24) is 10.2 Å². The summed E-state index contributed by atoms with van der Waals surface area (Å²) in [6.45, 7) is 5.49. The molecule has 2 aromatic rings. The number of aliphatic hydroxyl groups excluding tert-OH is 1. The highest BCUT2D eigenvalue weighted by molar-refractivity contribution is 6.06. The molecule has 10 nitrogen and oxygen atoms in total. The van der Waals surface area contributed by atoms with E-state index < -0.39 is 59.5 Å². The van der Waals surface area contributed by atoms with E-state index >= 15 is 0 Å². The third-order valence-corrected chi connectivity index (χ3v) is 9.74. The summed E-state index contributed by atoms with van der Waals surface area (Å²) in [7, 11) is 0. The van der Waals surface area contributed by atoms with Crippen LogP contribution in [-0.4, -0.2) is 77.2 Å². The number of benzene rings is 2. The summed E-state index contributed by atoms with van der Waals surface area (Å²) in [6, 6.07) is 12.6. The fraction of sp³-hybridized carbons (Fsp3) is 0.444. The fourth-order valence-electron chi connectivity index (χ4n) is 7.38. The minimum absolute atomic E-state index is 0.0772. The Morgan fingerprint density at radius 1 is 1.04 bits per heavy atom. The van der Waals surface area contributed by atoms with Crippen LogP contribution in [0.15, 0.2) is 72.8 Å². The Kier molecular flexibility index (Phi) is 8.85. The molecule has 5 bridgehead atoms. The third-order valence-electron chi connectivity index (χ3n) is 9.74. The number of anilines is 1. The lowest BCUT2D eigenvalue weighted by Crippen LogP contribution is -2.58. The number of allylic oxidation sites excluding steroid dienone is 1. The number of fused-ring (bicyclic) bond motifs is 2. The van der Waals surface area contributed by atoms with Gasteiger partial charge in [0.2, 0.25) is 11.8 Å². The number of esters is 1. The molecule has 7 atom stereocenters.